The van der Waals surface area contributed by atoms with Crippen LogP contribution in [0.4, 0.5) is 14.5 Å². The second kappa shape index (κ2) is 6.41. The second-order valence-electron chi connectivity index (χ2n) is 5.98. The van der Waals surface area contributed by atoms with Crippen molar-refractivity contribution < 1.29 is 13.6 Å². The van der Waals surface area contributed by atoms with Crippen molar-refractivity contribution in [2.24, 2.45) is 5.92 Å². The van der Waals surface area contributed by atoms with Gasteiger partial charge in [0, 0.05) is 25.2 Å². The molecule has 0 saturated heterocycles. The molecule has 0 unspecified atom stereocenters. The average Bonchev–Trinajstić information content (AvgIpc) is 3.22. The van der Waals surface area contributed by atoms with E-state index in [1.165, 1.54) is 7.05 Å². The number of nitrogens with zero attached hydrogens (tertiary/aromatic N) is 1. The predicted molar refractivity (Wildman–Crippen MR) is 79.4 cm³/mol. The van der Waals surface area contributed by atoms with Crippen molar-refractivity contribution in [1.29, 1.82) is 0 Å². The van der Waals surface area contributed by atoms with Gasteiger partial charge in [0.1, 0.15) is 17.3 Å². The van der Waals surface area contributed by atoms with E-state index in [4.69, 9.17) is 0 Å². The van der Waals surface area contributed by atoms with Crippen LogP contribution < -0.4 is 5.32 Å². The summed E-state index contributed by atoms with van der Waals surface area (Å²) < 4.78 is 27.6. The van der Waals surface area contributed by atoms with Gasteiger partial charge in [-0.05, 0) is 37.3 Å². The summed E-state index contributed by atoms with van der Waals surface area (Å²) in [6.07, 6.45) is 2.84. The molecule has 5 heteroatoms. The van der Waals surface area contributed by atoms with E-state index in [0.29, 0.717) is 12.5 Å². The molecule has 1 N–H and O–H groups in total. The molecule has 116 valence electrons. The summed E-state index contributed by atoms with van der Waals surface area (Å²) >= 11 is 0. The third-order valence-electron chi connectivity index (χ3n) is 3.73. The highest BCUT2D eigenvalue weighted by atomic mass is 19.1. The molecule has 0 atom stereocenters. The van der Waals surface area contributed by atoms with Crippen molar-refractivity contribution in [3.8, 4) is 0 Å². The lowest BCUT2D eigenvalue weighted by Crippen LogP contribution is -2.34. The Hall–Kier alpha value is -1.65. The minimum absolute atomic E-state index is 0.0830. The Morgan fingerprint density at radius 2 is 1.90 bits per heavy atom. The first-order valence-electron chi connectivity index (χ1n) is 7.41. The van der Waals surface area contributed by atoms with E-state index >= 15 is 0 Å². The fraction of sp³-hybridized carbons (Fsp3) is 0.562. The predicted octanol–water partition coefficient (Wildman–Crippen LogP) is 3.66. The Kier molecular flexibility index (Phi) is 4.80. The van der Waals surface area contributed by atoms with Crippen molar-refractivity contribution >= 4 is 11.6 Å². The number of hydrogen-bond acceptors (Lipinski definition) is 2. The van der Waals surface area contributed by atoms with Crippen LogP contribution in [-0.4, -0.2) is 30.4 Å². The number of benzene rings is 1. The third kappa shape index (κ3) is 3.71. The molecule has 0 heterocycles. The van der Waals surface area contributed by atoms with Crippen molar-refractivity contribution in [3.05, 3.63) is 29.3 Å². The molecule has 3 nitrogen and oxygen atoms in total. The van der Waals surface area contributed by atoms with E-state index in [1.54, 1.807) is 4.90 Å². The van der Waals surface area contributed by atoms with Gasteiger partial charge < -0.3 is 10.2 Å². The maximum absolute atomic E-state index is 13.8. The first kappa shape index (κ1) is 15.7. The van der Waals surface area contributed by atoms with Gasteiger partial charge in [0.2, 0.25) is 0 Å². The number of halogens is 2. The number of anilines is 1. The van der Waals surface area contributed by atoms with E-state index < -0.39 is 11.6 Å². The molecule has 0 spiro atoms. The van der Waals surface area contributed by atoms with Crippen molar-refractivity contribution in [2.75, 3.05) is 18.9 Å². The van der Waals surface area contributed by atoms with Gasteiger partial charge in [-0.15, -0.1) is 0 Å². The summed E-state index contributed by atoms with van der Waals surface area (Å²) in [7, 11) is 1.45. The lowest BCUT2D eigenvalue weighted by Gasteiger charge is -2.23. The highest BCUT2D eigenvalue weighted by Gasteiger charge is 2.33. The average molecular weight is 296 g/mol. The lowest BCUT2D eigenvalue weighted by atomic mass is 10.1. The number of rotatable bonds is 6. The number of amides is 1. The summed E-state index contributed by atoms with van der Waals surface area (Å²) in [4.78, 5) is 14.3. The zero-order valence-electron chi connectivity index (χ0n) is 12.7. The molecule has 1 fully saturated rings. The SMILES string of the molecule is CNc1c(F)cc(C(=O)N(CCC(C)C)C2CC2)cc1F. The molecule has 0 aliphatic heterocycles. The lowest BCUT2D eigenvalue weighted by molar-refractivity contribution is 0.0734. The quantitative estimate of drug-likeness (QED) is 0.869. The number of carbonyl (C=O) groups is 1. The summed E-state index contributed by atoms with van der Waals surface area (Å²) in [6.45, 7) is 4.82. The van der Waals surface area contributed by atoms with Gasteiger partial charge in [-0.3, -0.25) is 4.79 Å². The van der Waals surface area contributed by atoms with Gasteiger partial charge in [-0.1, -0.05) is 13.8 Å². The molecule has 1 aromatic rings. The molecule has 0 aromatic heterocycles. The Labute approximate surface area is 124 Å². The first-order chi connectivity index (χ1) is 9.93. The summed E-state index contributed by atoms with van der Waals surface area (Å²) in [6, 6.07) is 2.45. The molecule has 1 saturated carbocycles. The van der Waals surface area contributed by atoms with Gasteiger partial charge in [-0.25, -0.2) is 8.78 Å². The monoisotopic (exact) mass is 296 g/mol. The summed E-state index contributed by atoms with van der Waals surface area (Å²) in [5.41, 5.74) is -0.119. The maximum atomic E-state index is 13.8. The van der Waals surface area contributed by atoms with Crippen LogP contribution in [0.5, 0.6) is 0 Å². The van der Waals surface area contributed by atoms with Crippen LogP contribution in [0, 0.1) is 17.6 Å². The minimum atomic E-state index is -0.736. The van der Waals surface area contributed by atoms with Gasteiger partial charge in [0.05, 0.1) is 0 Å². The Bertz CT molecular complexity index is 504. The fourth-order valence-electron chi connectivity index (χ4n) is 2.33. The normalized spacial score (nSPS) is 14.4. The van der Waals surface area contributed by atoms with Crippen LogP contribution in [-0.2, 0) is 0 Å². The molecular formula is C16H22F2N2O. The van der Waals surface area contributed by atoms with E-state index in [1.807, 2.05) is 0 Å². The molecule has 1 aromatic carbocycles. The first-order valence-corrected chi connectivity index (χ1v) is 7.41. The van der Waals surface area contributed by atoms with Crippen molar-refractivity contribution in [3.63, 3.8) is 0 Å². The Morgan fingerprint density at radius 1 is 1.33 bits per heavy atom. The van der Waals surface area contributed by atoms with E-state index in [0.717, 1.165) is 31.4 Å². The van der Waals surface area contributed by atoms with Gasteiger partial charge in [-0.2, -0.15) is 0 Å². The zero-order chi connectivity index (χ0) is 15.6. The van der Waals surface area contributed by atoms with Crippen molar-refractivity contribution in [2.45, 2.75) is 39.2 Å². The smallest absolute Gasteiger partial charge is 0.254 e. The van der Waals surface area contributed by atoms with Crippen LogP contribution in [0.1, 0.15) is 43.5 Å². The van der Waals surface area contributed by atoms with Crippen LogP contribution >= 0.6 is 0 Å². The second-order valence-corrected chi connectivity index (χ2v) is 5.98. The van der Waals surface area contributed by atoms with Crippen molar-refractivity contribution in [1.82, 2.24) is 4.90 Å². The number of nitrogens with one attached hydrogen (secondary N) is 1. The van der Waals surface area contributed by atoms with E-state index in [-0.39, 0.29) is 23.2 Å². The van der Waals surface area contributed by atoms with Crippen LogP contribution in [0.3, 0.4) is 0 Å². The van der Waals surface area contributed by atoms with Gasteiger partial charge in [0.15, 0.2) is 0 Å². The molecule has 0 radical (unpaired) electrons. The Balaban J connectivity index is 2.20. The zero-order valence-corrected chi connectivity index (χ0v) is 12.7. The molecule has 1 aliphatic rings. The van der Waals surface area contributed by atoms with E-state index in [2.05, 4.69) is 19.2 Å². The largest absolute Gasteiger partial charge is 0.383 e. The standard InChI is InChI=1S/C16H22F2N2O/c1-10(2)6-7-20(12-4-5-12)16(21)11-8-13(17)15(19-3)14(18)9-11/h8-10,12,19H,4-7H2,1-3H3. The number of hydrogen-bond donors (Lipinski definition) is 1. The van der Waals surface area contributed by atoms with E-state index in [9.17, 15) is 13.6 Å². The summed E-state index contributed by atoms with van der Waals surface area (Å²) in [5, 5.41) is 2.46. The molecule has 0 bridgehead atoms. The third-order valence-corrected chi connectivity index (χ3v) is 3.73. The fourth-order valence-corrected chi connectivity index (χ4v) is 2.33. The molecule has 1 amide bonds. The minimum Gasteiger partial charge on any atom is -0.383 e. The highest BCUT2D eigenvalue weighted by molar-refractivity contribution is 5.95. The maximum Gasteiger partial charge on any atom is 0.254 e. The van der Waals surface area contributed by atoms with Crippen LogP contribution in [0.15, 0.2) is 12.1 Å². The Morgan fingerprint density at radius 3 is 2.33 bits per heavy atom. The molecule has 2 rings (SSSR count). The van der Waals surface area contributed by atoms with Crippen LogP contribution in [0.2, 0.25) is 0 Å². The summed E-state index contributed by atoms with van der Waals surface area (Å²) in [5.74, 6) is -1.27. The molecule has 21 heavy (non-hydrogen) atoms. The van der Waals surface area contributed by atoms with Gasteiger partial charge in [0.25, 0.3) is 5.91 Å². The molecular weight excluding hydrogens is 274 g/mol. The van der Waals surface area contributed by atoms with Gasteiger partial charge >= 0.3 is 0 Å². The highest BCUT2D eigenvalue weighted by Crippen LogP contribution is 2.30. The van der Waals surface area contributed by atoms with Crippen LogP contribution in [0.25, 0.3) is 0 Å². The topological polar surface area (TPSA) is 32.3 Å². The molecule has 1 aliphatic carbocycles. The number of carbonyl (C=O) groups excluding carboxylic acids is 1.